The van der Waals surface area contributed by atoms with Gasteiger partial charge in [0.05, 0.1) is 25.2 Å². The summed E-state index contributed by atoms with van der Waals surface area (Å²) in [7, 11) is 1.19. The Balaban J connectivity index is 3.28. The van der Waals surface area contributed by atoms with Crippen molar-refractivity contribution < 1.29 is 18.3 Å². The third-order valence-electron chi connectivity index (χ3n) is 2.43. The molecule has 1 aromatic carbocycles. The van der Waals surface area contributed by atoms with E-state index in [-0.39, 0.29) is 34.6 Å². The molecular weight excluding hydrogens is 264 g/mol. The summed E-state index contributed by atoms with van der Waals surface area (Å²) >= 11 is 5.56. The number of benzene rings is 1. The monoisotopic (exact) mass is 273 g/mol. The van der Waals surface area contributed by atoms with Gasteiger partial charge in [-0.3, -0.25) is 4.79 Å². The van der Waals surface area contributed by atoms with Gasteiger partial charge in [-0.2, -0.15) is 5.26 Å². The zero-order valence-electron chi connectivity index (χ0n) is 9.54. The Bertz CT molecular complexity index is 498. The van der Waals surface area contributed by atoms with Crippen LogP contribution in [-0.4, -0.2) is 13.1 Å². The fourth-order valence-electron chi connectivity index (χ4n) is 1.51. The van der Waals surface area contributed by atoms with Gasteiger partial charge in [0.25, 0.3) is 6.43 Å². The maximum atomic E-state index is 12.8. The van der Waals surface area contributed by atoms with E-state index in [4.69, 9.17) is 16.9 Å². The van der Waals surface area contributed by atoms with Gasteiger partial charge in [0.1, 0.15) is 0 Å². The second-order valence-electron chi connectivity index (χ2n) is 3.51. The van der Waals surface area contributed by atoms with Crippen molar-refractivity contribution in [2.24, 2.45) is 0 Å². The fourth-order valence-corrected chi connectivity index (χ4v) is 1.74. The molecule has 0 amide bonds. The van der Waals surface area contributed by atoms with Crippen LogP contribution in [0.25, 0.3) is 0 Å². The second-order valence-corrected chi connectivity index (χ2v) is 3.77. The van der Waals surface area contributed by atoms with Crippen molar-refractivity contribution in [3.05, 3.63) is 34.4 Å². The molecule has 0 saturated heterocycles. The van der Waals surface area contributed by atoms with E-state index in [1.165, 1.54) is 13.2 Å². The SMILES string of the molecule is COC(=O)Cc1cc(C(F)F)c(CCl)cc1C#N. The van der Waals surface area contributed by atoms with Crippen molar-refractivity contribution in [3.8, 4) is 6.07 Å². The summed E-state index contributed by atoms with van der Waals surface area (Å²) < 4.78 is 30.0. The number of nitriles is 1. The fraction of sp³-hybridized carbons (Fsp3) is 0.333. The summed E-state index contributed by atoms with van der Waals surface area (Å²) in [5.41, 5.74) is 0.300. The first kappa shape index (κ1) is 14.4. The van der Waals surface area contributed by atoms with E-state index in [0.717, 1.165) is 6.07 Å². The molecule has 0 atom stereocenters. The minimum absolute atomic E-state index is 0.118. The molecule has 0 aliphatic rings. The van der Waals surface area contributed by atoms with Gasteiger partial charge < -0.3 is 4.74 Å². The van der Waals surface area contributed by atoms with Crippen molar-refractivity contribution in [2.75, 3.05) is 7.11 Å². The number of nitrogens with zero attached hydrogens (tertiary/aromatic N) is 1. The maximum absolute atomic E-state index is 12.8. The number of ether oxygens (including phenoxy) is 1. The number of rotatable bonds is 4. The minimum Gasteiger partial charge on any atom is -0.469 e. The number of carbonyl (C=O) groups excluding carboxylic acids is 1. The predicted molar refractivity (Wildman–Crippen MR) is 61.4 cm³/mol. The van der Waals surface area contributed by atoms with Crippen LogP contribution in [-0.2, 0) is 21.8 Å². The smallest absolute Gasteiger partial charge is 0.310 e. The van der Waals surface area contributed by atoms with Crippen LogP contribution >= 0.6 is 11.6 Å². The highest BCUT2D eigenvalue weighted by molar-refractivity contribution is 6.17. The van der Waals surface area contributed by atoms with E-state index in [9.17, 15) is 13.6 Å². The van der Waals surface area contributed by atoms with E-state index in [0.29, 0.717) is 0 Å². The van der Waals surface area contributed by atoms with Gasteiger partial charge >= 0.3 is 5.97 Å². The molecule has 0 aliphatic carbocycles. The highest BCUT2D eigenvalue weighted by atomic mass is 35.5. The van der Waals surface area contributed by atoms with Crippen molar-refractivity contribution in [1.29, 1.82) is 5.26 Å². The van der Waals surface area contributed by atoms with Crippen LogP contribution < -0.4 is 0 Å². The van der Waals surface area contributed by atoms with Crippen LogP contribution in [0, 0.1) is 11.3 Å². The first-order valence-corrected chi connectivity index (χ1v) is 5.53. The maximum Gasteiger partial charge on any atom is 0.310 e. The van der Waals surface area contributed by atoms with Gasteiger partial charge in [0, 0.05) is 11.4 Å². The standard InChI is InChI=1S/C12H10ClF2NO2/c1-18-11(17)4-7-3-10(12(14)15)8(5-13)2-9(7)6-16/h2-3,12H,4-5H2,1H3. The molecule has 0 spiro atoms. The van der Waals surface area contributed by atoms with Gasteiger partial charge in [-0.1, -0.05) is 0 Å². The number of hydrogen-bond donors (Lipinski definition) is 0. The molecule has 0 saturated carbocycles. The molecule has 0 heterocycles. The van der Waals surface area contributed by atoms with E-state index in [1.54, 1.807) is 0 Å². The molecule has 6 heteroatoms. The predicted octanol–water partition coefficient (Wildman–Crippen LogP) is 2.95. The summed E-state index contributed by atoms with van der Waals surface area (Å²) in [6, 6.07) is 4.28. The molecule has 0 fully saturated rings. The number of halogens is 3. The Morgan fingerprint density at radius 3 is 2.61 bits per heavy atom. The van der Waals surface area contributed by atoms with E-state index < -0.39 is 12.4 Å². The lowest BCUT2D eigenvalue weighted by Crippen LogP contribution is -2.08. The molecule has 0 bridgehead atoms. The van der Waals surface area contributed by atoms with Crippen LogP contribution in [0.15, 0.2) is 12.1 Å². The average molecular weight is 274 g/mol. The van der Waals surface area contributed by atoms with Gasteiger partial charge in [-0.05, 0) is 23.3 Å². The van der Waals surface area contributed by atoms with Crippen LogP contribution in [0.4, 0.5) is 8.78 Å². The Morgan fingerprint density at radius 1 is 1.50 bits per heavy atom. The Labute approximate surface area is 108 Å². The van der Waals surface area contributed by atoms with E-state index >= 15 is 0 Å². The highest BCUT2D eigenvalue weighted by Gasteiger charge is 2.18. The first-order valence-electron chi connectivity index (χ1n) is 5.00. The van der Waals surface area contributed by atoms with Gasteiger partial charge in [0.15, 0.2) is 0 Å². The van der Waals surface area contributed by atoms with Crippen LogP contribution in [0.2, 0.25) is 0 Å². The summed E-state index contributed by atoms with van der Waals surface area (Å²) in [6.45, 7) is 0. The van der Waals surface area contributed by atoms with Crippen LogP contribution in [0.1, 0.15) is 28.7 Å². The zero-order chi connectivity index (χ0) is 13.7. The number of carbonyl (C=O) groups is 1. The highest BCUT2D eigenvalue weighted by Crippen LogP contribution is 2.27. The first-order chi connectivity index (χ1) is 8.53. The van der Waals surface area contributed by atoms with Crippen molar-refractivity contribution in [3.63, 3.8) is 0 Å². The third-order valence-corrected chi connectivity index (χ3v) is 2.71. The number of esters is 1. The van der Waals surface area contributed by atoms with E-state index in [1.807, 2.05) is 6.07 Å². The molecule has 18 heavy (non-hydrogen) atoms. The molecule has 0 aromatic heterocycles. The van der Waals surface area contributed by atoms with Crippen LogP contribution in [0.5, 0.6) is 0 Å². The topological polar surface area (TPSA) is 50.1 Å². The lowest BCUT2D eigenvalue weighted by Gasteiger charge is -2.10. The number of alkyl halides is 3. The third kappa shape index (κ3) is 3.17. The molecule has 1 rings (SSSR count). The molecule has 96 valence electrons. The Hall–Kier alpha value is -1.67. The number of methoxy groups -OCH3 is 1. The second kappa shape index (κ2) is 6.31. The van der Waals surface area contributed by atoms with Crippen LogP contribution in [0.3, 0.4) is 0 Å². The van der Waals surface area contributed by atoms with Gasteiger partial charge in [-0.15, -0.1) is 11.6 Å². The molecule has 0 radical (unpaired) electrons. The summed E-state index contributed by atoms with van der Waals surface area (Å²) in [6.07, 6.45) is -2.93. The largest absolute Gasteiger partial charge is 0.469 e. The zero-order valence-corrected chi connectivity index (χ0v) is 10.3. The molecule has 0 unspecified atom stereocenters. The van der Waals surface area contributed by atoms with Crippen molar-refractivity contribution in [2.45, 2.75) is 18.7 Å². The summed E-state index contributed by atoms with van der Waals surface area (Å²) in [5, 5.41) is 8.92. The Morgan fingerprint density at radius 2 is 2.17 bits per heavy atom. The normalized spacial score (nSPS) is 10.2. The quantitative estimate of drug-likeness (QED) is 0.626. The van der Waals surface area contributed by atoms with Crippen molar-refractivity contribution in [1.82, 2.24) is 0 Å². The average Bonchev–Trinajstić information content (AvgIpc) is 2.37. The molecular formula is C12H10ClF2NO2. The lowest BCUT2D eigenvalue weighted by atomic mass is 9.98. The lowest BCUT2D eigenvalue weighted by molar-refractivity contribution is -0.139. The van der Waals surface area contributed by atoms with Crippen molar-refractivity contribution >= 4 is 17.6 Å². The van der Waals surface area contributed by atoms with Gasteiger partial charge in [-0.25, -0.2) is 8.78 Å². The summed E-state index contributed by atoms with van der Waals surface area (Å²) in [5.74, 6) is -0.710. The molecule has 0 aliphatic heterocycles. The molecule has 3 nitrogen and oxygen atoms in total. The minimum atomic E-state index is -2.71. The summed E-state index contributed by atoms with van der Waals surface area (Å²) in [4.78, 5) is 11.1. The molecule has 0 N–H and O–H groups in total. The van der Waals surface area contributed by atoms with Gasteiger partial charge in [0.2, 0.25) is 0 Å². The van der Waals surface area contributed by atoms with E-state index in [2.05, 4.69) is 4.74 Å². The molecule has 1 aromatic rings. The number of hydrogen-bond acceptors (Lipinski definition) is 3. The Kier molecular flexibility index (Phi) is 5.05.